The van der Waals surface area contributed by atoms with Crippen molar-refractivity contribution in [2.45, 2.75) is 43.4 Å². The molecule has 1 fully saturated rings. The van der Waals surface area contributed by atoms with Crippen molar-refractivity contribution in [1.82, 2.24) is 4.31 Å². The van der Waals surface area contributed by atoms with Crippen molar-refractivity contribution in [2.75, 3.05) is 13.1 Å². The molecule has 9 heteroatoms. The van der Waals surface area contributed by atoms with Crippen molar-refractivity contribution >= 4 is 20.1 Å². The molecule has 0 bridgehead atoms. The molecule has 1 aliphatic rings. The number of nitrogens with zero attached hydrogens (tertiary/aromatic N) is 1. The molecular weight excluding hydrogens is 285 g/mol. The van der Waals surface area contributed by atoms with E-state index in [-0.39, 0.29) is 13.1 Å². The third-order valence-corrected chi connectivity index (χ3v) is 7.23. The molecule has 1 unspecified atom stereocenters. The van der Waals surface area contributed by atoms with Gasteiger partial charge in [0.25, 0.3) is 10.0 Å². The minimum absolute atomic E-state index is 0.0807. The molecule has 108 valence electrons. The third kappa shape index (κ3) is 3.01. The van der Waals surface area contributed by atoms with Crippen LogP contribution in [0.5, 0.6) is 0 Å². The van der Waals surface area contributed by atoms with Crippen LogP contribution in [0.25, 0.3) is 0 Å². The SMILES string of the molecule is CC(F)(S(=O)(=O)O)S(=O)(=O)N1CCCCCCC1. The van der Waals surface area contributed by atoms with Crippen molar-refractivity contribution in [1.29, 1.82) is 0 Å². The molecule has 1 heterocycles. The number of alkyl halides is 1. The molecule has 0 amide bonds. The van der Waals surface area contributed by atoms with Gasteiger partial charge in [-0.25, -0.2) is 12.8 Å². The summed E-state index contributed by atoms with van der Waals surface area (Å²) in [5.41, 5.74) is 0. The molecular formula is C9H18FNO5S2. The van der Waals surface area contributed by atoms with Crippen LogP contribution in [0.4, 0.5) is 4.39 Å². The highest BCUT2D eigenvalue weighted by Crippen LogP contribution is 2.29. The topological polar surface area (TPSA) is 91.7 Å². The molecule has 0 saturated carbocycles. The lowest BCUT2D eigenvalue weighted by Crippen LogP contribution is -2.49. The molecule has 6 nitrogen and oxygen atoms in total. The van der Waals surface area contributed by atoms with Gasteiger partial charge in [0.05, 0.1) is 0 Å². The lowest BCUT2D eigenvalue weighted by Gasteiger charge is -2.28. The summed E-state index contributed by atoms with van der Waals surface area (Å²) in [6.45, 7) is 0.519. The van der Waals surface area contributed by atoms with E-state index in [9.17, 15) is 21.2 Å². The molecule has 18 heavy (non-hydrogen) atoms. The molecule has 0 aromatic carbocycles. The van der Waals surface area contributed by atoms with Gasteiger partial charge in [0, 0.05) is 20.0 Å². The lowest BCUT2D eigenvalue weighted by atomic mass is 10.1. The van der Waals surface area contributed by atoms with Crippen LogP contribution >= 0.6 is 0 Å². The molecule has 1 atom stereocenters. The van der Waals surface area contributed by atoms with Gasteiger partial charge in [-0.15, -0.1) is 0 Å². The van der Waals surface area contributed by atoms with Gasteiger partial charge in [0.1, 0.15) is 0 Å². The zero-order valence-electron chi connectivity index (χ0n) is 10.2. The Labute approximate surface area is 107 Å². The summed E-state index contributed by atoms with van der Waals surface area (Å²) in [4.78, 5) is 0. The van der Waals surface area contributed by atoms with E-state index in [1.807, 2.05) is 0 Å². The van der Waals surface area contributed by atoms with E-state index in [1.54, 1.807) is 0 Å². The Morgan fingerprint density at radius 2 is 1.39 bits per heavy atom. The van der Waals surface area contributed by atoms with E-state index >= 15 is 0 Å². The molecule has 1 rings (SSSR count). The van der Waals surface area contributed by atoms with Gasteiger partial charge >= 0.3 is 14.5 Å². The fourth-order valence-electron chi connectivity index (χ4n) is 1.82. The van der Waals surface area contributed by atoms with Crippen LogP contribution in [0.1, 0.15) is 39.0 Å². The highest BCUT2D eigenvalue weighted by atomic mass is 32.3. The second-order valence-electron chi connectivity index (χ2n) is 4.48. The van der Waals surface area contributed by atoms with Crippen LogP contribution in [0.15, 0.2) is 0 Å². The summed E-state index contributed by atoms with van der Waals surface area (Å²) in [6, 6.07) is 0. The van der Waals surface area contributed by atoms with Gasteiger partial charge in [-0.05, 0) is 12.8 Å². The average molecular weight is 303 g/mol. The first-order valence-electron chi connectivity index (χ1n) is 5.76. The highest BCUT2D eigenvalue weighted by Gasteiger charge is 2.54. The Morgan fingerprint density at radius 3 is 1.78 bits per heavy atom. The van der Waals surface area contributed by atoms with Crippen LogP contribution in [-0.4, -0.2) is 43.1 Å². The first-order chi connectivity index (χ1) is 8.11. The van der Waals surface area contributed by atoms with Gasteiger partial charge in [-0.3, -0.25) is 4.55 Å². The first kappa shape index (κ1) is 15.8. The monoisotopic (exact) mass is 303 g/mol. The van der Waals surface area contributed by atoms with Crippen molar-refractivity contribution in [3.8, 4) is 0 Å². The zero-order chi connectivity index (χ0) is 14.0. The normalized spacial score (nSPS) is 23.9. The number of sulfonamides is 1. The second-order valence-corrected chi connectivity index (χ2v) is 8.69. The maximum atomic E-state index is 13.9. The zero-order valence-corrected chi connectivity index (χ0v) is 11.8. The molecule has 0 aromatic heterocycles. The van der Waals surface area contributed by atoms with Crippen molar-refractivity contribution in [3.63, 3.8) is 0 Å². The maximum absolute atomic E-state index is 13.9. The van der Waals surface area contributed by atoms with E-state index in [1.165, 1.54) is 0 Å². The Morgan fingerprint density at radius 1 is 1.00 bits per heavy atom. The summed E-state index contributed by atoms with van der Waals surface area (Å²) in [6.07, 6.45) is 3.74. The summed E-state index contributed by atoms with van der Waals surface area (Å²) in [7, 11) is -10.1. The number of hydrogen-bond donors (Lipinski definition) is 1. The molecule has 0 aromatic rings. The van der Waals surface area contributed by atoms with E-state index in [0.29, 0.717) is 19.8 Å². The minimum Gasteiger partial charge on any atom is -0.282 e. The molecule has 1 N–H and O–H groups in total. The van der Waals surface area contributed by atoms with Crippen LogP contribution in [0.3, 0.4) is 0 Å². The van der Waals surface area contributed by atoms with Crippen molar-refractivity contribution < 1.29 is 25.8 Å². The largest absolute Gasteiger partial charge is 0.344 e. The number of hydrogen-bond acceptors (Lipinski definition) is 4. The molecule has 0 aliphatic carbocycles. The van der Waals surface area contributed by atoms with Crippen LogP contribution in [-0.2, 0) is 20.1 Å². The summed E-state index contributed by atoms with van der Waals surface area (Å²) in [5.74, 6) is 0. The molecule has 0 radical (unpaired) electrons. The second kappa shape index (κ2) is 5.40. The fourth-order valence-corrected chi connectivity index (χ4v) is 4.40. The predicted octanol–water partition coefficient (Wildman–Crippen LogP) is 1.11. The van der Waals surface area contributed by atoms with Crippen LogP contribution < -0.4 is 0 Å². The van der Waals surface area contributed by atoms with E-state index in [2.05, 4.69) is 0 Å². The first-order valence-corrected chi connectivity index (χ1v) is 8.64. The predicted molar refractivity (Wildman–Crippen MR) is 64.6 cm³/mol. The van der Waals surface area contributed by atoms with Crippen molar-refractivity contribution in [2.24, 2.45) is 0 Å². The van der Waals surface area contributed by atoms with E-state index in [4.69, 9.17) is 4.55 Å². The quantitative estimate of drug-likeness (QED) is 0.789. The molecule has 0 spiro atoms. The molecule has 1 saturated heterocycles. The maximum Gasteiger partial charge on any atom is 0.344 e. The average Bonchev–Trinajstić information content (AvgIpc) is 2.13. The number of halogens is 1. The van der Waals surface area contributed by atoms with Gasteiger partial charge < -0.3 is 0 Å². The van der Waals surface area contributed by atoms with Gasteiger partial charge in [-0.2, -0.15) is 12.7 Å². The smallest absolute Gasteiger partial charge is 0.282 e. The van der Waals surface area contributed by atoms with Gasteiger partial charge in [0.15, 0.2) is 0 Å². The summed E-state index contributed by atoms with van der Waals surface area (Å²) < 4.78 is 65.4. The number of rotatable bonds is 3. The van der Waals surface area contributed by atoms with E-state index < -0.39 is 24.5 Å². The molecule has 1 aliphatic heterocycles. The van der Waals surface area contributed by atoms with Gasteiger partial charge in [-0.1, -0.05) is 19.3 Å². The Balaban J connectivity index is 3.04. The van der Waals surface area contributed by atoms with Crippen LogP contribution in [0, 0.1) is 0 Å². The lowest BCUT2D eigenvalue weighted by molar-refractivity contribution is 0.302. The standard InChI is InChI=1S/C9H18FNO5S2/c1-9(10,18(14,15)16)17(12,13)11-7-5-3-2-4-6-8-11/h2-8H2,1H3,(H,14,15,16). The summed E-state index contributed by atoms with van der Waals surface area (Å²) >= 11 is 0. The fraction of sp³-hybridized carbons (Fsp3) is 1.00. The van der Waals surface area contributed by atoms with Crippen molar-refractivity contribution in [3.05, 3.63) is 0 Å². The minimum atomic E-state index is -5.33. The van der Waals surface area contributed by atoms with E-state index in [0.717, 1.165) is 23.6 Å². The van der Waals surface area contributed by atoms with Gasteiger partial charge in [0.2, 0.25) is 0 Å². The highest BCUT2D eigenvalue weighted by molar-refractivity contribution is 8.06. The Hall–Kier alpha value is -0.250. The Bertz CT molecular complexity index is 477. The van der Waals surface area contributed by atoms with Crippen LogP contribution in [0.2, 0.25) is 0 Å². The third-order valence-electron chi connectivity index (χ3n) is 3.08. The Kier molecular flexibility index (Phi) is 4.74. The summed E-state index contributed by atoms with van der Waals surface area (Å²) in [5, 5.41) is 0.